The quantitative estimate of drug-likeness (QED) is 0.840. The van der Waals surface area contributed by atoms with Gasteiger partial charge in [0.05, 0.1) is 5.60 Å². The number of hydrogen-bond acceptors (Lipinski definition) is 2. The van der Waals surface area contributed by atoms with Crippen molar-refractivity contribution in [3.8, 4) is 0 Å². The van der Waals surface area contributed by atoms with Crippen LogP contribution in [0.15, 0.2) is 28.7 Å². The maximum atomic E-state index is 10.2. The fraction of sp³-hybridized carbons (Fsp3) is 0.571. The highest BCUT2D eigenvalue weighted by atomic mass is 79.9. The summed E-state index contributed by atoms with van der Waals surface area (Å²) in [6, 6.07) is 8.53. The predicted octanol–water partition coefficient (Wildman–Crippen LogP) is 3.65. The number of hydrogen-bond donors (Lipinski definition) is 2. The molecule has 0 aliphatic heterocycles. The van der Waals surface area contributed by atoms with Crippen LogP contribution in [0.5, 0.6) is 0 Å². The smallest absolute Gasteiger partial charge is 0.0766 e. The van der Waals surface area contributed by atoms with E-state index in [-0.39, 0.29) is 6.04 Å². The summed E-state index contributed by atoms with van der Waals surface area (Å²) in [6.07, 6.45) is 1.56. The van der Waals surface area contributed by atoms with Crippen LogP contribution in [-0.4, -0.2) is 17.3 Å². The number of aliphatic hydroxyl groups is 1. The number of nitrogens with one attached hydrogen (secondary N) is 1. The molecule has 0 radical (unpaired) electrons. The lowest BCUT2D eigenvalue weighted by Gasteiger charge is -2.27. The average Bonchev–Trinajstić information content (AvgIpc) is 2.36. The normalized spacial score (nSPS) is 13.7. The first-order valence-electron chi connectivity index (χ1n) is 6.22. The molecule has 0 saturated heterocycles. The fourth-order valence-corrected chi connectivity index (χ4v) is 1.98. The lowest BCUT2D eigenvalue weighted by molar-refractivity contribution is 0.0303. The van der Waals surface area contributed by atoms with E-state index in [1.165, 1.54) is 5.56 Å². The van der Waals surface area contributed by atoms with Gasteiger partial charge in [-0.1, -0.05) is 41.9 Å². The molecule has 2 N–H and O–H groups in total. The first kappa shape index (κ1) is 14.7. The summed E-state index contributed by atoms with van der Waals surface area (Å²) in [4.78, 5) is 0. The zero-order chi connectivity index (χ0) is 12.9. The molecule has 0 aliphatic carbocycles. The second kappa shape index (κ2) is 6.53. The third kappa shape index (κ3) is 4.41. The van der Waals surface area contributed by atoms with Gasteiger partial charge in [-0.05, 0) is 37.5 Å². The molecule has 0 spiro atoms. The molecule has 0 aromatic heterocycles. The largest absolute Gasteiger partial charge is 0.389 e. The Balaban J connectivity index is 2.55. The van der Waals surface area contributed by atoms with Crippen LogP contribution < -0.4 is 5.32 Å². The van der Waals surface area contributed by atoms with Crippen molar-refractivity contribution in [2.45, 2.75) is 45.3 Å². The molecular formula is C14H22BrNO. The Hall–Kier alpha value is -0.380. The van der Waals surface area contributed by atoms with Gasteiger partial charge in [0.2, 0.25) is 0 Å². The number of halogens is 1. The SMILES string of the molecule is CCC(O)(CC)CNC(C)c1ccc(Br)cc1. The molecular weight excluding hydrogens is 278 g/mol. The zero-order valence-corrected chi connectivity index (χ0v) is 12.4. The summed E-state index contributed by atoms with van der Waals surface area (Å²) in [5, 5.41) is 13.6. The third-order valence-electron chi connectivity index (χ3n) is 3.42. The van der Waals surface area contributed by atoms with Crippen LogP contribution >= 0.6 is 15.9 Å². The summed E-state index contributed by atoms with van der Waals surface area (Å²) in [5.74, 6) is 0. The van der Waals surface area contributed by atoms with Crippen molar-refractivity contribution in [3.63, 3.8) is 0 Å². The van der Waals surface area contributed by atoms with Crippen molar-refractivity contribution in [3.05, 3.63) is 34.3 Å². The van der Waals surface area contributed by atoms with Crippen molar-refractivity contribution in [2.24, 2.45) is 0 Å². The lowest BCUT2D eigenvalue weighted by atomic mass is 9.96. The van der Waals surface area contributed by atoms with Crippen LogP contribution in [0, 0.1) is 0 Å². The highest BCUT2D eigenvalue weighted by Crippen LogP contribution is 2.19. The Morgan fingerprint density at radius 1 is 1.24 bits per heavy atom. The van der Waals surface area contributed by atoms with Gasteiger partial charge < -0.3 is 10.4 Å². The lowest BCUT2D eigenvalue weighted by Crippen LogP contribution is -2.40. The average molecular weight is 300 g/mol. The Bertz CT molecular complexity index is 333. The van der Waals surface area contributed by atoms with Crippen LogP contribution in [0.2, 0.25) is 0 Å². The second-order valence-corrected chi connectivity index (χ2v) is 5.50. The molecule has 0 heterocycles. The van der Waals surface area contributed by atoms with Crippen LogP contribution in [0.1, 0.15) is 45.2 Å². The highest BCUT2D eigenvalue weighted by molar-refractivity contribution is 9.10. The molecule has 1 aromatic carbocycles. The molecule has 0 amide bonds. The molecule has 0 aliphatic rings. The molecule has 0 saturated carbocycles. The minimum Gasteiger partial charge on any atom is -0.389 e. The van der Waals surface area contributed by atoms with Gasteiger partial charge in [-0.25, -0.2) is 0 Å². The fourth-order valence-electron chi connectivity index (χ4n) is 1.71. The summed E-state index contributed by atoms with van der Waals surface area (Å²) in [6.45, 7) is 6.80. The highest BCUT2D eigenvalue weighted by Gasteiger charge is 2.22. The standard InChI is InChI=1S/C14H22BrNO/c1-4-14(17,5-2)10-16-11(3)12-6-8-13(15)9-7-12/h6-9,11,16-17H,4-5,10H2,1-3H3. The molecule has 17 heavy (non-hydrogen) atoms. The molecule has 0 bridgehead atoms. The Morgan fingerprint density at radius 3 is 2.24 bits per heavy atom. The van der Waals surface area contributed by atoms with E-state index in [4.69, 9.17) is 0 Å². The number of benzene rings is 1. The van der Waals surface area contributed by atoms with Crippen molar-refractivity contribution in [1.82, 2.24) is 5.32 Å². The maximum Gasteiger partial charge on any atom is 0.0766 e. The van der Waals surface area contributed by atoms with E-state index in [2.05, 4.69) is 40.3 Å². The molecule has 1 rings (SSSR count). The second-order valence-electron chi connectivity index (χ2n) is 4.59. The third-order valence-corrected chi connectivity index (χ3v) is 3.95. The van der Waals surface area contributed by atoms with Crippen molar-refractivity contribution >= 4 is 15.9 Å². The molecule has 96 valence electrons. The van der Waals surface area contributed by atoms with Gasteiger partial charge in [0.1, 0.15) is 0 Å². The summed E-state index contributed by atoms with van der Waals surface area (Å²) >= 11 is 3.43. The van der Waals surface area contributed by atoms with Gasteiger partial charge in [0.15, 0.2) is 0 Å². The van der Waals surface area contributed by atoms with Crippen LogP contribution in [0.4, 0.5) is 0 Å². The van der Waals surface area contributed by atoms with Crippen molar-refractivity contribution < 1.29 is 5.11 Å². The van der Waals surface area contributed by atoms with E-state index in [9.17, 15) is 5.11 Å². The van der Waals surface area contributed by atoms with E-state index in [0.29, 0.717) is 6.54 Å². The summed E-state index contributed by atoms with van der Waals surface area (Å²) in [5.41, 5.74) is 0.659. The van der Waals surface area contributed by atoms with Gasteiger partial charge in [0.25, 0.3) is 0 Å². The summed E-state index contributed by atoms with van der Waals surface area (Å²) < 4.78 is 1.09. The monoisotopic (exact) mass is 299 g/mol. The first-order valence-corrected chi connectivity index (χ1v) is 7.01. The van der Waals surface area contributed by atoms with E-state index in [0.717, 1.165) is 17.3 Å². The Morgan fingerprint density at radius 2 is 1.76 bits per heavy atom. The zero-order valence-electron chi connectivity index (χ0n) is 10.8. The van der Waals surface area contributed by atoms with Crippen molar-refractivity contribution in [1.29, 1.82) is 0 Å². The topological polar surface area (TPSA) is 32.3 Å². The van der Waals surface area contributed by atoms with E-state index in [1.807, 2.05) is 26.0 Å². The van der Waals surface area contributed by atoms with Gasteiger partial charge in [0, 0.05) is 17.1 Å². The van der Waals surface area contributed by atoms with Gasteiger partial charge >= 0.3 is 0 Å². The van der Waals surface area contributed by atoms with E-state index >= 15 is 0 Å². The molecule has 1 atom stereocenters. The molecule has 0 fully saturated rings. The maximum absolute atomic E-state index is 10.2. The summed E-state index contributed by atoms with van der Waals surface area (Å²) in [7, 11) is 0. The molecule has 2 nitrogen and oxygen atoms in total. The van der Waals surface area contributed by atoms with E-state index in [1.54, 1.807) is 0 Å². The van der Waals surface area contributed by atoms with Crippen LogP contribution in [-0.2, 0) is 0 Å². The Kier molecular flexibility index (Phi) is 5.63. The van der Waals surface area contributed by atoms with E-state index < -0.39 is 5.60 Å². The molecule has 1 unspecified atom stereocenters. The van der Waals surface area contributed by atoms with Crippen molar-refractivity contribution in [2.75, 3.05) is 6.54 Å². The molecule has 3 heteroatoms. The predicted molar refractivity (Wildman–Crippen MR) is 76.1 cm³/mol. The van der Waals surface area contributed by atoms with Gasteiger partial charge in [-0.2, -0.15) is 0 Å². The van der Waals surface area contributed by atoms with Crippen LogP contribution in [0.25, 0.3) is 0 Å². The van der Waals surface area contributed by atoms with Gasteiger partial charge in [-0.15, -0.1) is 0 Å². The number of rotatable bonds is 6. The molecule has 1 aromatic rings. The van der Waals surface area contributed by atoms with Gasteiger partial charge in [-0.3, -0.25) is 0 Å². The minimum absolute atomic E-state index is 0.257. The first-order chi connectivity index (χ1) is 8.00. The minimum atomic E-state index is -0.580. The van der Waals surface area contributed by atoms with Crippen LogP contribution in [0.3, 0.4) is 0 Å². The Labute approximate surface area is 113 Å².